The summed E-state index contributed by atoms with van der Waals surface area (Å²) in [6, 6.07) is 6.21. The van der Waals surface area contributed by atoms with Crippen LogP contribution in [0.25, 0.3) is 0 Å². The molecule has 2 unspecified atom stereocenters. The second-order valence-corrected chi connectivity index (χ2v) is 6.51. The van der Waals surface area contributed by atoms with Gasteiger partial charge in [-0.05, 0) is 30.5 Å². The molecule has 136 valence electrons. The van der Waals surface area contributed by atoms with Crippen LogP contribution in [0.1, 0.15) is 35.2 Å². The van der Waals surface area contributed by atoms with Crippen molar-refractivity contribution in [3.05, 3.63) is 47.5 Å². The number of rotatable bonds is 6. The molecule has 7 nitrogen and oxygen atoms in total. The van der Waals surface area contributed by atoms with Gasteiger partial charge in [0.2, 0.25) is 17.7 Å². The molecule has 0 aromatic heterocycles. The molecule has 1 aromatic rings. The molecule has 7 heteroatoms. The number of carboxylic acids is 1. The van der Waals surface area contributed by atoms with Crippen LogP contribution in [0.3, 0.4) is 0 Å². The van der Waals surface area contributed by atoms with E-state index in [0.29, 0.717) is 12.8 Å². The number of amides is 3. The zero-order valence-corrected chi connectivity index (χ0v) is 14.2. The van der Waals surface area contributed by atoms with Gasteiger partial charge in [-0.15, -0.1) is 0 Å². The SMILES string of the molecule is O=C(CCN1C(=O)C2CC=CCC2C1=O)NCc1ccc(C(=O)O)cc1. The predicted octanol–water partition coefficient (Wildman–Crippen LogP) is 1.34. The molecule has 1 aromatic carbocycles. The molecule has 0 radical (unpaired) electrons. The Morgan fingerprint density at radius 2 is 1.62 bits per heavy atom. The number of allylic oxidation sites excluding steroid dienone is 2. The minimum absolute atomic E-state index is 0.0531. The number of imide groups is 1. The average molecular weight is 356 g/mol. The fourth-order valence-electron chi connectivity index (χ4n) is 3.36. The maximum atomic E-state index is 12.3. The first-order valence-corrected chi connectivity index (χ1v) is 8.56. The molecule has 0 saturated carbocycles. The van der Waals surface area contributed by atoms with E-state index < -0.39 is 5.97 Å². The molecule has 1 saturated heterocycles. The van der Waals surface area contributed by atoms with E-state index in [4.69, 9.17) is 5.11 Å². The molecule has 3 amide bonds. The lowest BCUT2D eigenvalue weighted by atomic mass is 9.85. The van der Waals surface area contributed by atoms with E-state index in [-0.39, 0.29) is 54.6 Å². The van der Waals surface area contributed by atoms with E-state index >= 15 is 0 Å². The fraction of sp³-hybridized carbons (Fsp3) is 0.368. The summed E-state index contributed by atoms with van der Waals surface area (Å²) in [7, 11) is 0. The summed E-state index contributed by atoms with van der Waals surface area (Å²) >= 11 is 0. The highest BCUT2D eigenvalue weighted by atomic mass is 16.4. The Balaban J connectivity index is 1.47. The van der Waals surface area contributed by atoms with Gasteiger partial charge < -0.3 is 10.4 Å². The largest absolute Gasteiger partial charge is 0.478 e. The first-order chi connectivity index (χ1) is 12.5. The number of aromatic carboxylic acids is 1. The quantitative estimate of drug-likeness (QED) is 0.591. The number of nitrogens with one attached hydrogen (secondary N) is 1. The Morgan fingerprint density at radius 1 is 1.04 bits per heavy atom. The Kier molecular flexibility index (Phi) is 5.16. The molecule has 0 bridgehead atoms. The van der Waals surface area contributed by atoms with Crippen molar-refractivity contribution in [2.45, 2.75) is 25.8 Å². The standard InChI is InChI=1S/C19H20N2O5/c22-16(20-11-12-5-7-13(8-6-12)19(25)26)9-10-21-17(23)14-3-1-2-4-15(14)18(21)24/h1-2,5-8,14-15H,3-4,9-11H2,(H,20,22)(H,25,26). The third-order valence-corrected chi connectivity index (χ3v) is 4.85. The van der Waals surface area contributed by atoms with Crippen LogP contribution in [0.5, 0.6) is 0 Å². The zero-order valence-electron chi connectivity index (χ0n) is 14.2. The van der Waals surface area contributed by atoms with Crippen molar-refractivity contribution < 1.29 is 24.3 Å². The lowest BCUT2D eigenvalue weighted by Gasteiger charge is -2.14. The second-order valence-electron chi connectivity index (χ2n) is 6.51. The van der Waals surface area contributed by atoms with Crippen molar-refractivity contribution >= 4 is 23.7 Å². The summed E-state index contributed by atoms with van der Waals surface area (Å²) in [5.41, 5.74) is 0.955. The molecule has 1 aliphatic heterocycles. The number of fused-ring (bicyclic) bond motifs is 1. The summed E-state index contributed by atoms with van der Waals surface area (Å²) in [6.07, 6.45) is 5.09. The maximum Gasteiger partial charge on any atom is 0.335 e. The summed E-state index contributed by atoms with van der Waals surface area (Å²) in [5.74, 6) is -2.17. The number of hydrogen-bond donors (Lipinski definition) is 2. The molecule has 2 N–H and O–H groups in total. The molecule has 3 rings (SSSR count). The minimum Gasteiger partial charge on any atom is -0.478 e. The summed E-state index contributed by atoms with van der Waals surface area (Å²) in [5, 5.41) is 11.6. The Hall–Kier alpha value is -2.96. The van der Waals surface area contributed by atoms with Gasteiger partial charge in [0.25, 0.3) is 0 Å². The Morgan fingerprint density at radius 3 is 2.15 bits per heavy atom. The molecular weight excluding hydrogens is 336 g/mol. The highest BCUT2D eigenvalue weighted by Gasteiger charge is 2.46. The number of carbonyl (C=O) groups excluding carboxylic acids is 3. The zero-order chi connectivity index (χ0) is 18.7. The third kappa shape index (κ3) is 3.66. The van der Waals surface area contributed by atoms with Crippen molar-refractivity contribution in [2.24, 2.45) is 11.8 Å². The minimum atomic E-state index is -1.00. The van der Waals surface area contributed by atoms with E-state index in [2.05, 4.69) is 5.32 Å². The molecule has 1 fully saturated rings. The van der Waals surface area contributed by atoms with E-state index in [1.807, 2.05) is 12.2 Å². The monoisotopic (exact) mass is 356 g/mol. The Labute approximate surface area is 150 Å². The highest BCUT2D eigenvalue weighted by molar-refractivity contribution is 6.05. The van der Waals surface area contributed by atoms with Gasteiger partial charge in [0.05, 0.1) is 17.4 Å². The smallest absolute Gasteiger partial charge is 0.335 e. The number of carboxylic acid groups (broad SMARTS) is 1. The first-order valence-electron chi connectivity index (χ1n) is 8.56. The topological polar surface area (TPSA) is 104 Å². The van der Waals surface area contributed by atoms with Gasteiger partial charge in [-0.3, -0.25) is 19.3 Å². The van der Waals surface area contributed by atoms with Crippen LogP contribution < -0.4 is 5.32 Å². The van der Waals surface area contributed by atoms with Gasteiger partial charge in [-0.2, -0.15) is 0 Å². The van der Waals surface area contributed by atoms with Crippen molar-refractivity contribution in [3.8, 4) is 0 Å². The van der Waals surface area contributed by atoms with Gasteiger partial charge in [0.15, 0.2) is 0 Å². The van der Waals surface area contributed by atoms with Crippen LogP contribution in [-0.4, -0.2) is 40.2 Å². The summed E-state index contributed by atoms with van der Waals surface area (Å²) < 4.78 is 0. The highest BCUT2D eigenvalue weighted by Crippen LogP contribution is 2.34. The summed E-state index contributed by atoms with van der Waals surface area (Å²) in [6.45, 7) is 0.351. The number of likely N-dealkylation sites (tertiary alicyclic amines) is 1. The molecule has 0 spiro atoms. The van der Waals surface area contributed by atoms with Crippen molar-refractivity contribution in [1.82, 2.24) is 10.2 Å². The number of carbonyl (C=O) groups is 4. The van der Waals surface area contributed by atoms with E-state index in [1.54, 1.807) is 12.1 Å². The van der Waals surface area contributed by atoms with E-state index in [9.17, 15) is 19.2 Å². The maximum absolute atomic E-state index is 12.3. The number of nitrogens with zero attached hydrogens (tertiary/aromatic N) is 1. The second kappa shape index (κ2) is 7.51. The molecule has 2 atom stereocenters. The van der Waals surface area contributed by atoms with Gasteiger partial charge in [-0.1, -0.05) is 24.3 Å². The lowest BCUT2D eigenvalue weighted by Crippen LogP contribution is -2.35. The predicted molar refractivity (Wildman–Crippen MR) is 91.9 cm³/mol. The molecule has 1 heterocycles. The van der Waals surface area contributed by atoms with Crippen LogP contribution in [0.4, 0.5) is 0 Å². The molecule has 1 aliphatic carbocycles. The van der Waals surface area contributed by atoms with Crippen molar-refractivity contribution in [3.63, 3.8) is 0 Å². The molecule has 2 aliphatic rings. The van der Waals surface area contributed by atoms with Crippen LogP contribution in [-0.2, 0) is 20.9 Å². The average Bonchev–Trinajstić information content (AvgIpc) is 2.89. The first kappa shape index (κ1) is 17.8. The third-order valence-electron chi connectivity index (χ3n) is 4.85. The van der Waals surface area contributed by atoms with Gasteiger partial charge >= 0.3 is 5.97 Å². The fourth-order valence-corrected chi connectivity index (χ4v) is 3.36. The van der Waals surface area contributed by atoms with Gasteiger partial charge in [-0.25, -0.2) is 4.79 Å². The van der Waals surface area contributed by atoms with Gasteiger partial charge in [0.1, 0.15) is 0 Å². The Bertz CT molecular complexity index is 743. The van der Waals surface area contributed by atoms with Crippen LogP contribution in [0, 0.1) is 11.8 Å². The number of benzene rings is 1. The van der Waals surface area contributed by atoms with E-state index in [0.717, 1.165) is 5.56 Å². The molecule has 26 heavy (non-hydrogen) atoms. The van der Waals surface area contributed by atoms with E-state index in [1.165, 1.54) is 17.0 Å². The summed E-state index contributed by atoms with van der Waals surface area (Å²) in [4.78, 5) is 48.7. The van der Waals surface area contributed by atoms with Crippen LogP contribution >= 0.6 is 0 Å². The number of hydrogen-bond acceptors (Lipinski definition) is 4. The van der Waals surface area contributed by atoms with Crippen LogP contribution in [0.2, 0.25) is 0 Å². The lowest BCUT2D eigenvalue weighted by molar-refractivity contribution is -0.140. The van der Waals surface area contributed by atoms with Crippen molar-refractivity contribution in [1.29, 1.82) is 0 Å². The van der Waals surface area contributed by atoms with Crippen LogP contribution in [0.15, 0.2) is 36.4 Å². The van der Waals surface area contributed by atoms with Gasteiger partial charge in [0, 0.05) is 19.5 Å². The van der Waals surface area contributed by atoms with Crippen molar-refractivity contribution in [2.75, 3.05) is 6.54 Å². The molecular formula is C19H20N2O5. The normalized spacial score (nSPS) is 21.6.